The van der Waals surface area contributed by atoms with E-state index in [1.54, 1.807) is 12.1 Å². The number of hydrogen-bond acceptors (Lipinski definition) is 6. The number of nitro groups is 1. The Morgan fingerprint density at radius 3 is 2.52 bits per heavy atom. The molecular weight excluding hydrogens is 357 g/mol. The van der Waals surface area contributed by atoms with Crippen LogP contribution in [0.3, 0.4) is 0 Å². The van der Waals surface area contributed by atoms with E-state index in [1.807, 2.05) is 0 Å². The van der Waals surface area contributed by atoms with Gasteiger partial charge in [-0.1, -0.05) is 12.1 Å². The molecule has 2 rings (SSSR count). The highest BCUT2D eigenvalue weighted by atomic mass is 19.1. The fourth-order valence-electron chi connectivity index (χ4n) is 2.28. The van der Waals surface area contributed by atoms with Gasteiger partial charge in [-0.2, -0.15) is 0 Å². The van der Waals surface area contributed by atoms with Gasteiger partial charge in [0.1, 0.15) is 11.5 Å². The molecule has 0 heterocycles. The average Bonchev–Trinajstić information content (AvgIpc) is 2.67. The zero-order chi connectivity index (χ0) is 19.8. The highest BCUT2D eigenvalue weighted by molar-refractivity contribution is 5.93. The number of nitrogens with zero attached hydrogens (tertiary/aromatic N) is 1. The number of carbonyl (C=O) groups is 2. The quantitative estimate of drug-likeness (QED) is 0.416. The minimum absolute atomic E-state index is 0.0280. The van der Waals surface area contributed by atoms with Crippen molar-refractivity contribution in [3.8, 4) is 0 Å². The number of anilines is 1. The van der Waals surface area contributed by atoms with Gasteiger partial charge < -0.3 is 15.4 Å². The second-order valence-corrected chi connectivity index (χ2v) is 5.54. The molecule has 27 heavy (non-hydrogen) atoms. The second-order valence-electron chi connectivity index (χ2n) is 5.54. The molecule has 0 fully saturated rings. The van der Waals surface area contributed by atoms with Crippen molar-refractivity contribution in [1.82, 2.24) is 5.32 Å². The number of rotatable bonds is 8. The van der Waals surface area contributed by atoms with E-state index >= 15 is 0 Å². The summed E-state index contributed by atoms with van der Waals surface area (Å²) in [6, 6.07) is 9.73. The van der Waals surface area contributed by atoms with Crippen molar-refractivity contribution in [2.45, 2.75) is 6.42 Å². The van der Waals surface area contributed by atoms with E-state index in [0.29, 0.717) is 13.0 Å². The fourth-order valence-corrected chi connectivity index (χ4v) is 2.28. The number of esters is 1. The third-order valence-electron chi connectivity index (χ3n) is 3.68. The van der Waals surface area contributed by atoms with Gasteiger partial charge in [0.15, 0.2) is 6.61 Å². The molecule has 0 aliphatic carbocycles. The summed E-state index contributed by atoms with van der Waals surface area (Å²) in [5, 5.41) is 16.2. The van der Waals surface area contributed by atoms with Gasteiger partial charge in [-0.15, -0.1) is 0 Å². The van der Waals surface area contributed by atoms with Crippen molar-refractivity contribution in [2.24, 2.45) is 0 Å². The normalized spacial score (nSPS) is 10.1. The molecule has 0 spiro atoms. The Hall–Kier alpha value is -3.49. The van der Waals surface area contributed by atoms with Crippen LogP contribution in [-0.4, -0.2) is 37.0 Å². The molecule has 0 saturated heterocycles. The SMILES string of the molecule is CNc1ccc(C(=O)OCC(=O)NCCc2ccc(F)cc2)cc1[N+](=O)[O-]. The van der Waals surface area contributed by atoms with Crippen LogP contribution in [0.4, 0.5) is 15.8 Å². The van der Waals surface area contributed by atoms with Gasteiger partial charge in [-0.05, 0) is 36.2 Å². The van der Waals surface area contributed by atoms with Crippen LogP contribution in [0.15, 0.2) is 42.5 Å². The number of ether oxygens (including phenoxy) is 1. The van der Waals surface area contributed by atoms with Crippen LogP contribution in [0.1, 0.15) is 15.9 Å². The Balaban J connectivity index is 1.82. The van der Waals surface area contributed by atoms with Gasteiger partial charge in [-0.3, -0.25) is 14.9 Å². The van der Waals surface area contributed by atoms with Gasteiger partial charge in [-0.25, -0.2) is 9.18 Å². The van der Waals surface area contributed by atoms with E-state index in [2.05, 4.69) is 10.6 Å². The number of nitrogens with one attached hydrogen (secondary N) is 2. The van der Waals surface area contributed by atoms with Gasteiger partial charge in [0.25, 0.3) is 11.6 Å². The molecule has 2 N–H and O–H groups in total. The van der Waals surface area contributed by atoms with Crippen LogP contribution in [0, 0.1) is 15.9 Å². The van der Waals surface area contributed by atoms with E-state index in [9.17, 15) is 24.1 Å². The predicted octanol–water partition coefficient (Wildman–Crippen LogP) is 2.29. The molecule has 0 aliphatic rings. The predicted molar refractivity (Wildman–Crippen MR) is 96.0 cm³/mol. The van der Waals surface area contributed by atoms with Gasteiger partial charge in [0, 0.05) is 19.7 Å². The second kappa shape index (κ2) is 9.27. The first-order valence-electron chi connectivity index (χ1n) is 8.05. The standard InChI is InChI=1S/C18H18FN3O5/c1-20-15-7-4-13(10-16(15)22(25)26)18(24)27-11-17(23)21-9-8-12-2-5-14(19)6-3-12/h2-7,10,20H,8-9,11H2,1H3,(H,21,23). The van der Waals surface area contributed by atoms with Crippen molar-refractivity contribution in [1.29, 1.82) is 0 Å². The topological polar surface area (TPSA) is 111 Å². The van der Waals surface area contributed by atoms with Crippen molar-refractivity contribution in [3.63, 3.8) is 0 Å². The summed E-state index contributed by atoms with van der Waals surface area (Å²) in [6.45, 7) is -0.214. The number of halogens is 1. The molecule has 0 saturated carbocycles. The lowest BCUT2D eigenvalue weighted by molar-refractivity contribution is -0.384. The molecule has 0 unspecified atom stereocenters. The first kappa shape index (κ1) is 19.8. The molecule has 0 bridgehead atoms. The summed E-state index contributed by atoms with van der Waals surface area (Å²) in [7, 11) is 1.52. The van der Waals surface area contributed by atoms with Crippen LogP contribution < -0.4 is 10.6 Å². The lowest BCUT2D eigenvalue weighted by atomic mass is 10.1. The minimum atomic E-state index is -0.838. The molecule has 0 atom stereocenters. The largest absolute Gasteiger partial charge is 0.452 e. The first-order chi connectivity index (χ1) is 12.9. The molecule has 9 heteroatoms. The summed E-state index contributed by atoms with van der Waals surface area (Å²) >= 11 is 0. The fraction of sp³-hybridized carbons (Fsp3) is 0.222. The number of carbonyl (C=O) groups excluding carboxylic acids is 2. The first-order valence-corrected chi connectivity index (χ1v) is 8.05. The van der Waals surface area contributed by atoms with Gasteiger partial charge >= 0.3 is 5.97 Å². The maximum Gasteiger partial charge on any atom is 0.338 e. The zero-order valence-electron chi connectivity index (χ0n) is 14.5. The summed E-state index contributed by atoms with van der Waals surface area (Å²) in [5.41, 5.74) is 0.816. The molecule has 142 valence electrons. The maximum atomic E-state index is 12.8. The van der Waals surface area contributed by atoms with E-state index in [1.165, 1.54) is 31.3 Å². The lowest BCUT2D eigenvalue weighted by Crippen LogP contribution is -2.30. The van der Waals surface area contributed by atoms with E-state index in [4.69, 9.17) is 4.74 Å². The van der Waals surface area contributed by atoms with Crippen LogP contribution >= 0.6 is 0 Å². The number of nitro benzene ring substituents is 1. The minimum Gasteiger partial charge on any atom is -0.452 e. The number of benzene rings is 2. The van der Waals surface area contributed by atoms with Crippen LogP contribution in [0.25, 0.3) is 0 Å². The Kier molecular flexibility index (Phi) is 6.81. The van der Waals surface area contributed by atoms with Crippen molar-refractivity contribution < 1.29 is 23.6 Å². The molecule has 0 aromatic heterocycles. The average molecular weight is 375 g/mol. The van der Waals surface area contributed by atoms with Crippen molar-refractivity contribution >= 4 is 23.3 Å². The molecule has 0 radical (unpaired) electrons. The Morgan fingerprint density at radius 1 is 1.19 bits per heavy atom. The van der Waals surface area contributed by atoms with E-state index < -0.39 is 23.4 Å². The Bertz CT molecular complexity index is 839. The highest BCUT2D eigenvalue weighted by Gasteiger charge is 2.18. The van der Waals surface area contributed by atoms with Crippen LogP contribution in [-0.2, 0) is 16.0 Å². The highest BCUT2D eigenvalue weighted by Crippen LogP contribution is 2.25. The summed E-state index contributed by atoms with van der Waals surface area (Å²) < 4.78 is 17.7. The van der Waals surface area contributed by atoms with Crippen molar-refractivity contribution in [3.05, 3.63) is 69.5 Å². The monoisotopic (exact) mass is 375 g/mol. The summed E-state index contributed by atoms with van der Waals surface area (Å²) in [6.07, 6.45) is 0.498. The summed E-state index contributed by atoms with van der Waals surface area (Å²) in [4.78, 5) is 34.1. The third kappa shape index (κ3) is 5.77. The molecule has 2 aromatic rings. The van der Waals surface area contributed by atoms with E-state index in [-0.39, 0.29) is 22.8 Å². The molecular formula is C18H18FN3O5. The third-order valence-corrected chi connectivity index (χ3v) is 3.68. The molecule has 2 aromatic carbocycles. The zero-order valence-corrected chi connectivity index (χ0v) is 14.5. The Morgan fingerprint density at radius 2 is 1.89 bits per heavy atom. The number of hydrogen-bond donors (Lipinski definition) is 2. The van der Waals surface area contributed by atoms with Crippen LogP contribution in [0.5, 0.6) is 0 Å². The number of amides is 1. The molecule has 0 aliphatic heterocycles. The maximum absolute atomic E-state index is 12.8. The summed E-state index contributed by atoms with van der Waals surface area (Å²) in [5.74, 6) is -1.68. The van der Waals surface area contributed by atoms with Crippen molar-refractivity contribution in [2.75, 3.05) is 25.5 Å². The van der Waals surface area contributed by atoms with Crippen LogP contribution in [0.2, 0.25) is 0 Å². The molecule has 8 nitrogen and oxygen atoms in total. The smallest absolute Gasteiger partial charge is 0.338 e. The van der Waals surface area contributed by atoms with E-state index in [0.717, 1.165) is 11.6 Å². The Labute approximate surface area is 154 Å². The molecule has 1 amide bonds. The lowest BCUT2D eigenvalue weighted by Gasteiger charge is -2.08. The van der Waals surface area contributed by atoms with Gasteiger partial charge in [0.05, 0.1) is 10.5 Å². The van der Waals surface area contributed by atoms with Gasteiger partial charge in [0.2, 0.25) is 0 Å².